The minimum atomic E-state index is -0.370. The van der Waals surface area contributed by atoms with E-state index in [0.717, 1.165) is 19.3 Å². The van der Waals surface area contributed by atoms with Crippen molar-refractivity contribution in [3.63, 3.8) is 0 Å². The summed E-state index contributed by atoms with van der Waals surface area (Å²) in [6, 6.07) is 0.251. The van der Waals surface area contributed by atoms with Crippen LogP contribution in [0.1, 0.15) is 26.2 Å². The van der Waals surface area contributed by atoms with Gasteiger partial charge in [0.05, 0.1) is 11.9 Å². The molecule has 5 heteroatoms. The number of hydrogen-bond donors (Lipinski definition) is 2. The molecule has 0 saturated heterocycles. The van der Waals surface area contributed by atoms with Crippen molar-refractivity contribution < 1.29 is 0 Å². The standard InChI is InChI=1S/C11H16ClN3O/c1-3-4-5-6-8(2)14-9-7-13-15-11(16)10(9)12/h3,7-8H,1,4-6H2,2H3,(H2,14,15,16). The molecule has 0 aliphatic carbocycles. The number of halogens is 1. The van der Waals surface area contributed by atoms with Crippen LogP contribution in [0.3, 0.4) is 0 Å². The van der Waals surface area contributed by atoms with E-state index in [0.29, 0.717) is 5.69 Å². The number of unbranched alkanes of at least 4 members (excludes halogenated alkanes) is 1. The van der Waals surface area contributed by atoms with Gasteiger partial charge in [-0.2, -0.15) is 5.10 Å². The maximum Gasteiger partial charge on any atom is 0.285 e. The number of aromatic amines is 1. The Morgan fingerprint density at radius 1 is 1.75 bits per heavy atom. The van der Waals surface area contributed by atoms with E-state index in [1.54, 1.807) is 0 Å². The van der Waals surface area contributed by atoms with E-state index >= 15 is 0 Å². The van der Waals surface area contributed by atoms with Gasteiger partial charge in [0.2, 0.25) is 0 Å². The highest BCUT2D eigenvalue weighted by molar-refractivity contribution is 6.32. The number of aromatic nitrogens is 2. The number of rotatable bonds is 6. The molecular weight excluding hydrogens is 226 g/mol. The van der Waals surface area contributed by atoms with Crippen molar-refractivity contribution in [1.29, 1.82) is 0 Å². The zero-order valence-corrected chi connectivity index (χ0v) is 10.0. The molecule has 0 spiro atoms. The average molecular weight is 242 g/mol. The van der Waals surface area contributed by atoms with Crippen molar-refractivity contribution in [3.05, 3.63) is 34.2 Å². The Balaban J connectivity index is 2.55. The molecule has 1 rings (SSSR count). The number of anilines is 1. The van der Waals surface area contributed by atoms with Crippen LogP contribution in [-0.4, -0.2) is 16.2 Å². The molecule has 0 bridgehead atoms. The molecule has 4 nitrogen and oxygen atoms in total. The van der Waals surface area contributed by atoms with Crippen molar-refractivity contribution in [2.75, 3.05) is 5.32 Å². The van der Waals surface area contributed by atoms with E-state index in [9.17, 15) is 4.79 Å². The second-order valence-electron chi connectivity index (χ2n) is 3.69. The Hall–Kier alpha value is -1.29. The third-order valence-corrected chi connectivity index (χ3v) is 2.62. The Morgan fingerprint density at radius 2 is 2.50 bits per heavy atom. The van der Waals surface area contributed by atoms with Crippen molar-refractivity contribution in [2.45, 2.75) is 32.2 Å². The van der Waals surface area contributed by atoms with Crippen LogP contribution in [0.4, 0.5) is 5.69 Å². The quantitative estimate of drug-likeness (QED) is 0.595. The van der Waals surface area contributed by atoms with Gasteiger partial charge in [-0.05, 0) is 26.2 Å². The number of nitrogens with one attached hydrogen (secondary N) is 2. The molecule has 2 N–H and O–H groups in total. The van der Waals surface area contributed by atoms with Gasteiger partial charge in [0.25, 0.3) is 5.56 Å². The fourth-order valence-corrected chi connectivity index (χ4v) is 1.54. The van der Waals surface area contributed by atoms with Crippen LogP contribution in [0.5, 0.6) is 0 Å². The van der Waals surface area contributed by atoms with Crippen LogP contribution >= 0.6 is 11.6 Å². The molecule has 1 atom stereocenters. The molecule has 1 aromatic heterocycles. The summed E-state index contributed by atoms with van der Waals surface area (Å²) in [6.07, 6.45) is 6.47. The summed E-state index contributed by atoms with van der Waals surface area (Å²) >= 11 is 5.84. The van der Waals surface area contributed by atoms with Crippen LogP contribution < -0.4 is 10.9 Å². The minimum absolute atomic E-state index is 0.158. The van der Waals surface area contributed by atoms with Crippen molar-refractivity contribution in [2.24, 2.45) is 0 Å². The molecule has 0 aliphatic rings. The maximum atomic E-state index is 11.2. The van der Waals surface area contributed by atoms with Crippen molar-refractivity contribution in [1.82, 2.24) is 10.2 Å². The summed E-state index contributed by atoms with van der Waals surface area (Å²) in [7, 11) is 0. The lowest BCUT2D eigenvalue weighted by Gasteiger charge is -2.14. The summed E-state index contributed by atoms with van der Waals surface area (Å²) < 4.78 is 0. The lowest BCUT2D eigenvalue weighted by Crippen LogP contribution is -2.18. The lowest BCUT2D eigenvalue weighted by molar-refractivity contribution is 0.662. The Labute approximate surface area is 99.7 Å². The molecule has 16 heavy (non-hydrogen) atoms. The van der Waals surface area contributed by atoms with Gasteiger partial charge in [-0.1, -0.05) is 17.7 Å². The molecule has 0 aliphatic heterocycles. The number of H-pyrrole nitrogens is 1. The minimum Gasteiger partial charge on any atom is -0.380 e. The van der Waals surface area contributed by atoms with Gasteiger partial charge in [-0.3, -0.25) is 4.79 Å². The zero-order chi connectivity index (χ0) is 12.0. The van der Waals surface area contributed by atoms with E-state index in [-0.39, 0.29) is 16.6 Å². The normalized spacial score (nSPS) is 12.1. The maximum absolute atomic E-state index is 11.2. The van der Waals surface area contributed by atoms with E-state index in [2.05, 4.69) is 22.1 Å². The van der Waals surface area contributed by atoms with E-state index < -0.39 is 0 Å². The molecule has 1 heterocycles. The summed E-state index contributed by atoms with van der Waals surface area (Å²) in [6.45, 7) is 5.71. The van der Waals surface area contributed by atoms with Crippen LogP contribution in [0.2, 0.25) is 5.02 Å². The smallest absolute Gasteiger partial charge is 0.285 e. The summed E-state index contributed by atoms with van der Waals surface area (Å²) in [5.41, 5.74) is 0.210. The highest BCUT2D eigenvalue weighted by Gasteiger charge is 2.07. The molecule has 0 fully saturated rings. The topological polar surface area (TPSA) is 57.8 Å². The van der Waals surface area contributed by atoms with Gasteiger partial charge in [-0.15, -0.1) is 6.58 Å². The molecule has 0 radical (unpaired) electrons. The second kappa shape index (κ2) is 6.33. The average Bonchev–Trinajstić information content (AvgIpc) is 2.25. The molecule has 0 amide bonds. The van der Waals surface area contributed by atoms with Crippen LogP contribution in [-0.2, 0) is 0 Å². The first-order chi connectivity index (χ1) is 7.65. The fourth-order valence-electron chi connectivity index (χ4n) is 1.39. The Morgan fingerprint density at radius 3 is 3.19 bits per heavy atom. The van der Waals surface area contributed by atoms with E-state index in [1.165, 1.54) is 6.20 Å². The monoisotopic (exact) mass is 241 g/mol. The molecule has 0 saturated carbocycles. The number of hydrogen-bond acceptors (Lipinski definition) is 3. The first kappa shape index (κ1) is 12.8. The Bertz CT molecular complexity index is 402. The highest BCUT2D eigenvalue weighted by Crippen LogP contribution is 2.16. The third-order valence-electron chi connectivity index (χ3n) is 2.24. The van der Waals surface area contributed by atoms with Crippen LogP contribution in [0.25, 0.3) is 0 Å². The number of allylic oxidation sites excluding steroid dienone is 1. The largest absolute Gasteiger partial charge is 0.380 e. The third kappa shape index (κ3) is 3.70. The van der Waals surface area contributed by atoms with Gasteiger partial charge >= 0.3 is 0 Å². The van der Waals surface area contributed by atoms with Gasteiger partial charge in [0, 0.05) is 6.04 Å². The molecule has 1 aromatic rings. The van der Waals surface area contributed by atoms with Gasteiger partial charge in [0.15, 0.2) is 0 Å². The van der Waals surface area contributed by atoms with E-state index in [4.69, 9.17) is 11.6 Å². The Kier molecular flexibility index (Phi) is 5.05. The first-order valence-corrected chi connectivity index (χ1v) is 5.63. The zero-order valence-electron chi connectivity index (χ0n) is 9.29. The van der Waals surface area contributed by atoms with Crippen molar-refractivity contribution in [3.8, 4) is 0 Å². The van der Waals surface area contributed by atoms with Crippen molar-refractivity contribution >= 4 is 17.3 Å². The molecular formula is C11H16ClN3O. The predicted molar refractivity (Wildman–Crippen MR) is 67.0 cm³/mol. The summed E-state index contributed by atoms with van der Waals surface area (Å²) in [5.74, 6) is 0. The second-order valence-corrected chi connectivity index (χ2v) is 4.07. The van der Waals surface area contributed by atoms with Gasteiger partial charge in [-0.25, -0.2) is 5.10 Å². The summed E-state index contributed by atoms with van der Waals surface area (Å²) in [5, 5.41) is 9.29. The fraction of sp³-hybridized carbons (Fsp3) is 0.455. The molecule has 88 valence electrons. The van der Waals surface area contributed by atoms with E-state index in [1.807, 2.05) is 13.0 Å². The van der Waals surface area contributed by atoms with Crippen LogP contribution in [0.15, 0.2) is 23.6 Å². The van der Waals surface area contributed by atoms with Crippen LogP contribution in [0, 0.1) is 0 Å². The molecule has 1 unspecified atom stereocenters. The first-order valence-electron chi connectivity index (χ1n) is 5.25. The summed E-state index contributed by atoms with van der Waals surface area (Å²) in [4.78, 5) is 11.2. The van der Waals surface area contributed by atoms with Gasteiger partial charge in [0.1, 0.15) is 5.02 Å². The molecule has 0 aromatic carbocycles. The predicted octanol–water partition coefficient (Wildman–Crippen LogP) is 2.58. The lowest BCUT2D eigenvalue weighted by atomic mass is 10.1. The number of nitrogens with zero attached hydrogens (tertiary/aromatic N) is 1. The highest BCUT2D eigenvalue weighted by atomic mass is 35.5. The SMILES string of the molecule is C=CCCCC(C)Nc1cn[nH]c(=O)c1Cl. The van der Waals surface area contributed by atoms with Gasteiger partial charge < -0.3 is 5.32 Å².